The Bertz CT molecular complexity index is 629. The average Bonchev–Trinajstić information content (AvgIpc) is 2.50. The van der Waals surface area contributed by atoms with Crippen molar-refractivity contribution in [2.45, 2.75) is 26.7 Å². The molecule has 0 aromatic heterocycles. The molecule has 124 valence electrons. The van der Waals surface area contributed by atoms with Gasteiger partial charge in [0.15, 0.2) is 0 Å². The standard InChI is InChI=1S/C16H20ClN3O3/c1-9-7-10(2)13(12(17)8-9)19-15(22)16(23)20-5-3-11(4-6-20)14(18)21/h7-8,11H,3-6H2,1-2H3,(H2,18,21)(H,19,22). The molecule has 3 amide bonds. The summed E-state index contributed by atoms with van der Waals surface area (Å²) in [5.74, 6) is -1.93. The van der Waals surface area contributed by atoms with Gasteiger partial charge in [-0.15, -0.1) is 0 Å². The number of halogens is 1. The highest BCUT2D eigenvalue weighted by Gasteiger charge is 2.29. The van der Waals surface area contributed by atoms with Crippen molar-refractivity contribution in [2.75, 3.05) is 18.4 Å². The van der Waals surface area contributed by atoms with Gasteiger partial charge in [-0.1, -0.05) is 17.7 Å². The molecule has 1 fully saturated rings. The number of nitrogens with one attached hydrogen (secondary N) is 1. The fourth-order valence-electron chi connectivity index (χ4n) is 2.75. The number of nitrogens with zero attached hydrogens (tertiary/aromatic N) is 1. The zero-order valence-electron chi connectivity index (χ0n) is 13.2. The first-order valence-electron chi connectivity index (χ1n) is 7.46. The van der Waals surface area contributed by atoms with Crippen molar-refractivity contribution in [1.82, 2.24) is 4.90 Å². The number of likely N-dealkylation sites (tertiary alicyclic amines) is 1. The predicted molar refractivity (Wildman–Crippen MR) is 88.1 cm³/mol. The normalized spacial score (nSPS) is 15.3. The van der Waals surface area contributed by atoms with Crippen LogP contribution in [0, 0.1) is 19.8 Å². The molecule has 0 bridgehead atoms. The van der Waals surface area contributed by atoms with Crippen LogP contribution in [0.5, 0.6) is 0 Å². The van der Waals surface area contributed by atoms with Gasteiger partial charge in [-0.05, 0) is 43.9 Å². The first kappa shape index (κ1) is 17.3. The van der Waals surface area contributed by atoms with Gasteiger partial charge in [0, 0.05) is 19.0 Å². The smallest absolute Gasteiger partial charge is 0.313 e. The monoisotopic (exact) mass is 337 g/mol. The molecule has 3 N–H and O–H groups in total. The van der Waals surface area contributed by atoms with E-state index >= 15 is 0 Å². The lowest BCUT2D eigenvalue weighted by Crippen LogP contribution is -2.46. The second-order valence-electron chi connectivity index (χ2n) is 5.86. The number of primary amides is 1. The molecule has 0 spiro atoms. The fourth-order valence-corrected chi connectivity index (χ4v) is 3.12. The van der Waals surface area contributed by atoms with Crippen molar-refractivity contribution in [2.24, 2.45) is 11.7 Å². The topological polar surface area (TPSA) is 92.5 Å². The van der Waals surface area contributed by atoms with Crippen LogP contribution in [-0.4, -0.2) is 35.7 Å². The number of rotatable bonds is 2. The molecule has 1 heterocycles. The highest BCUT2D eigenvalue weighted by molar-refractivity contribution is 6.41. The number of amides is 3. The van der Waals surface area contributed by atoms with E-state index in [-0.39, 0.29) is 11.8 Å². The number of carbonyl (C=O) groups is 3. The van der Waals surface area contributed by atoms with Gasteiger partial charge >= 0.3 is 11.8 Å². The average molecular weight is 338 g/mol. The molecule has 0 saturated carbocycles. The van der Waals surface area contributed by atoms with Crippen LogP contribution < -0.4 is 11.1 Å². The van der Waals surface area contributed by atoms with Gasteiger partial charge in [-0.2, -0.15) is 0 Å². The molecule has 1 aromatic rings. The number of hydrogen-bond donors (Lipinski definition) is 2. The Hall–Kier alpha value is -2.08. The molecular weight excluding hydrogens is 318 g/mol. The molecular formula is C16H20ClN3O3. The molecule has 23 heavy (non-hydrogen) atoms. The SMILES string of the molecule is Cc1cc(C)c(NC(=O)C(=O)N2CCC(C(N)=O)CC2)c(Cl)c1. The van der Waals surface area contributed by atoms with Crippen LogP contribution in [0.4, 0.5) is 5.69 Å². The zero-order chi connectivity index (χ0) is 17.1. The van der Waals surface area contributed by atoms with Crippen molar-refractivity contribution in [3.8, 4) is 0 Å². The van der Waals surface area contributed by atoms with Crippen molar-refractivity contribution in [1.29, 1.82) is 0 Å². The maximum absolute atomic E-state index is 12.2. The summed E-state index contributed by atoms with van der Waals surface area (Å²) in [6, 6.07) is 3.61. The van der Waals surface area contributed by atoms with Crippen molar-refractivity contribution in [3.63, 3.8) is 0 Å². The van der Waals surface area contributed by atoms with E-state index in [4.69, 9.17) is 17.3 Å². The van der Waals surface area contributed by atoms with Crippen LogP contribution in [0.2, 0.25) is 5.02 Å². The lowest BCUT2D eigenvalue weighted by Gasteiger charge is -2.30. The minimum absolute atomic E-state index is 0.226. The molecule has 0 unspecified atom stereocenters. The number of anilines is 1. The second kappa shape index (κ2) is 7.00. The van der Waals surface area contributed by atoms with Gasteiger partial charge < -0.3 is 16.0 Å². The first-order valence-corrected chi connectivity index (χ1v) is 7.83. The Balaban J connectivity index is 2.02. The predicted octanol–water partition coefficient (Wildman–Crippen LogP) is 1.62. The number of aryl methyl sites for hydroxylation is 2. The van der Waals surface area contributed by atoms with Gasteiger partial charge in [0.1, 0.15) is 0 Å². The highest BCUT2D eigenvalue weighted by Crippen LogP contribution is 2.27. The number of piperidine rings is 1. The Morgan fingerprint density at radius 2 is 1.83 bits per heavy atom. The van der Waals surface area contributed by atoms with E-state index in [1.165, 1.54) is 4.90 Å². The third-order valence-electron chi connectivity index (χ3n) is 4.05. The summed E-state index contributed by atoms with van der Waals surface area (Å²) < 4.78 is 0. The number of nitrogens with two attached hydrogens (primary N) is 1. The largest absolute Gasteiger partial charge is 0.369 e. The van der Waals surface area contributed by atoms with Crippen LogP contribution in [0.15, 0.2) is 12.1 Å². The summed E-state index contributed by atoms with van der Waals surface area (Å²) in [5.41, 5.74) is 7.48. The zero-order valence-corrected chi connectivity index (χ0v) is 13.9. The summed E-state index contributed by atoms with van der Waals surface area (Å²) >= 11 is 6.13. The Morgan fingerprint density at radius 3 is 2.35 bits per heavy atom. The van der Waals surface area contributed by atoms with Crippen LogP contribution in [0.25, 0.3) is 0 Å². The van der Waals surface area contributed by atoms with Gasteiger partial charge in [0.2, 0.25) is 5.91 Å². The summed E-state index contributed by atoms with van der Waals surface area (Å²) in [4.78, 5) is 37.0. The quantitative estimate of drug-likeness (QED) is 0.803. The van der Waals surface area contributed by atoms with Crippen LogP contribution in [-0.2, 0) is 14.4 Å². The summed E-state index contributed by atoms with van der Waals surface area (Å²) in [5, 5.41) is 2.98. The van der Waals surface area contributed by atoms with E-state index in [1.54, 1.807) is 6.07 Å². The van der Waals surface area contributed by atoms with Crippen molar-refractivity contribution >= 4 is 35.0 Å². The van der Waals surface area contributed by atoms with E-state index < -0.39 is 11.8 Å². The Morgan fingerprint density at radius 1 is 1.22 bits per heavy atom. The van der Waals surface area contributed by atoms with Gasteiger partial charge in [-0.3, -0.25) is 14.4 Å². The lowest BCUT2D eigenvalue weighted by molar-refractivity contribution is -0.144. The second-order valence-corrected chi connectivity index (χ2v) is 6.27. The van der Waals surface area contributed by atoms with E-state index in [0.29, 0.717) is 36.6 Å². The Labute approximate surface area is 140 Å². The summed E-state index contributed by atoms with van der Waals surface area (Å²) in [6.45, 7) is 4.41. The lowest BCUT2D eigenvalue weighted by atomic mass is 9.96. The minimum atomic E-state index is -0.726. The molecule has 6 nitrogen and oxygen atoms in total. The fraction of sp³-hybridized carbons (Fsp3) is 0.438. The third kappa shape index (κ3) is 4.01. The van der Waals surface area contributed by atoms with Gasteiger partial charge in [-0.25, -0.2) is 0 Å². The molecule has 1 aromatic carbocycles. The molecule has 1 aliphatic heterocycles. The molecule has 1 saturated heterocycles. The Kier molecular flexibility index (Phi) is 5.26. The minimum Gasteiger partial charge on any atom is -0.369 e. The van der Waals surface area contributed by atoms with Crippen molar-refractivity contribution < 1.29 is 14.4 Å². The van der Waals surface area contributed by atoms with E-state index in [0.717, 1.165) is 11.1 Å². The van der Waals surface area contributed by atoms with E-state index in [2.05, 4.69) is 5.32 Å². The molecule has 1 aliphatic rings. The van der Waals surface area contributed by atoms with Gasteiger partial charge in [0.05, 0.1) is 10.7 Å². The number of carbonyl (C=O) groups excluding carboxylic acids is 3. The maximum Gasteiger partial charge on any atom is 0.313 e. The highest BCUT2D eigenvalue weighted by atomic mass is 35.5. The molecule has 0 atom stereocenters. The van der Waals surface area contributed by atoms with Crippen LogP contribution in [0.1, 0.15) is 24.0 Å². The molecule has 0 aliphatic carbocycles. The summed E-state index contributed by atoms with van der Waals surface area (Å²) in [7, 11) is 0. The van der Waals surface area contributed by atoms with E-state index in [1.807, 2.05) is 19.9 Å². The number of hydrogen-bond acceptors (Lipinski definition) is 3. The third-order valence-corrected chi connectivity index (χ3v) is 4.35. The maximum atomic E-state index is 12.2. The van der Waals surface area contributed by atoms with Crippen LogP contribution in [0.3, 0.4) is 0 Å². The molecule has 7 heteroatoms. The van der Waals surface area contributed by atoms with Gasteiger partial charge in [0.25, 0.3) is 0 Å². The molecule has 2 rings (SSSR count). The summed E-state index contributed by atoms with van der Waals surface area (Å²) in [6.07, 6.45) is 0.970. The van der Waals surface area contributed by atoms with Crippen LogP contribution >= 0.6 is 11.6 Å². The van der Waals surface area contributed by atoms with E-state index in [9.17, 15) is 14.4 Å². The molecule has 0 radical (unpaired) electrons. The van der Waals surface area contributed by atoms with Crippen molar-refractivity contribution in [3.05, 3.63) is 28.3 Å². The first-order chi connectivity index (χ1) is 10.8. The number of benzene rings is 1.